The number of nitriles is 1. The summed E-state index contributed by atoms with van der Waals surface area (Å²) in [5.41, 5.74) is 10.1. The van der Waals surface area contributed by atoms with Crippen LogP contribution in [0.4, 0.5) is 10.5 Å². The van der Waals surface area contributed by atoms with Gasteiger partial charge in [-0.3, -0.25) is 10.1 Å². The molecule has 5 rings (SSSR count). The lowest BCUT2D eigenvalue weighted by Gasteiger charge is -2.27. The summed E-state index contributed by atoms with van der Waals surface area (Å²) in [6, 6.07) is 15.9. The summed E-state index contributed by atoms with van der Waals surface area (Å²) in [7, 11) is 3.52. The number of anilines is 1. The zero-order valence-corrected chi connectivity index (χ0v) is 18.4. The minimum absolute atomic E-state index is 0. The van der Waals surface area contributed by atoms with Gasteiger partial charge in [-0.05, 0) is 41.4 Å². The predicted octanol–water partition coefficient (Wildman–Crippen LogP) is 1.98. The Morgan fingerprint density at radius 3 is 2.13 bits per heavy atom. The quantitative estimate of drug-likeness (QED) is 0.464. The Balaban J connectivity index is 0.000000176. The molecule has 2 aliphatic carbocycles. The number of nitrogens with two attached hydrogens (primary N) is 1. The van der Waals surface area contributed by atoms with Crippen molar-refractivity contribution >= 4 is 30.0 Å². The highest BCUT2D eigenvalue weighted by molar-refractivity contribution is 6.07. The SMILES string of the molecule is CN1C(=O)NC(=O)C12Cc1ccc(N)cc1C2.CNC1(C#N)Cc2ccccc2C1.Cl. The third kappa shape index (κ3) is 3.73. The molecule has 2 aromatic carbocycles. The fourth-order valence-electron chi connectivity index (χ4n) is 4.64. The van der Waals surface area contributed by atoms with Gasteiger partial charge in [-0.1, -0.05) is 30.3 Å². The Morgan fingerprint density at radius 1 is 1.03 bits per heavy atom. The first-order chi connectivity index (χ1) is 14.3. The molecule has 0 saturated carbocycles. The van der Waals surface area contributed by atoms with E-state index in [1.165, 1.54) is 16.0 Å². The summed E-state index contributed by atoms with van der Waals surface area (Å²) in [4.78, 5) is 25.0. The molecular formula is C23H26ClN5O2. The number of rotatable bonds is 1. The molecule has 31 heavy (non-hydrogen) atoms. The molecule has 3 amide bonds. The molecule has 7 nitrogen and oxygen atoms in total. The van der Waals surface area contributed by atoms with Crippen molar-refractivity contribution in [2.75, 3.05) is 19.8 Å². The first-order valence-electron chi connectivity index (χ1n) is 9.96. The maximum Gasteiger partial charge on any atom is 0.324 e. The van der Waals surface area contributed by atoms with Crippen LogP contribution >= 0.6 is 12.4 Å². The number of halogens is 1. The molecular weight excluding hydrogens is 414 g/mol. The number of benzene rings is 2. The van der Waals surface area contributed by atoms with Crippen LogP contribution in [0.15, 0.2) is 42.5 Å². The highest BCUT2D eigenvalue weighted by atomic mass is 35.5. The van der Waals surface area contributed by atoms with Crippen molar-refractivity contribution < 1.29 is 9.59 Å². The number of carbonyl (C=O) groups is 2. The van der Waals surface area contributed by atoms with E-state index in [-0.39, 0.29) is 29.9 Å². The molecule has 162 valence electrons. The highest BCUT2D eigenvalue weighted by Gasteiger charge is 2.54. The van der Waals surface area contributed by atoms with Crippen LogP contribution < -0.4 is 16.4 Å². The summed E-state index contributed by atoms with van der Waals surface area (Å²) in [5.74, 6) is -0.209. The van der Waals surface area contributed by atoms with Gasteiger partial charge in [0.2, 0.25) is 0 Å². The van der Waals surface area contributed by atoms with Crippen molar-refractivity contribution in [3.8, 4) is 6.07 Å². The predicted molar refractivity (Wildman–Crippen MR) is 121 cm³/mol. The molecule has 0 radical (unpaired) electrons. The smallest absolute Gasteiger partial charge is 0.324 e. The van der Waals surface area contributed by atoms with Crippen molar-refractivity contribution in [2.24, 2.45) is 0 Å². The first-order valence-corrected chi connectivity index (χ1v) is 9.96. The fraction of sp³-hybridized carbons (Fsp3) is 0.348. The molecule has 1 atom stereocenters. The molecule has 1 heterocycles. The second kappa shape index (κ2) is 8.22. The standard InChI is InChI=1S/C12H13N3O2.C11H12N2.ClH/c1-15-11(17)14-10(16)12(15)5-7-2-3-9(13)4-8(7)6-12;1-13-11(8-12)6-9-4-2-3-5-10(9)7-11;/h2-4H,5-6,13H2,1H3,(H,14,16,17);2-5,13H,6-7H2,1H3;1H. The maximum absolute atomic E-state index is 12.0. The number of urea groups is 1. The minimum atomic E-state index is -0.743. The van der Waals surface area contributed by atoms with Crippen molar-refractivity contribution in [3.63, 3.8) is 0 Å². The number of fused-ring (bicyclic) bond motifs is 2. The molecule has 3 aliphatic rings. The molecule has 2 aromatic rings. The van der Waals surface area contributed by atoms with Crippen LogP contribution in [-0.2, 0) is 30.5 Å². The van der Waals surface area contributed by atoms with E-state index in [1.807, 2.05) is 37.4 Å². The summed E-state index contributed by atoms with van der Waals surface area (Å²) >= 11 is 0. The molecule has 1 aliphatic heterocycles. The number of likely N-dealkylation sites (N-methyl/N-ethyl adjacent to an activating group) is 2. The number of amides is 3. The summed E-state index contributed by atoms with van der Waals surface area (Å²) < 4.78 is 0. The minimum Gasteiger partial charge on any atom is -0.399 e. The Bertz CT molecular complexity index is 1050. The lowest BCUT2D eigenvalue weighted by molar-refractivity contribution is -0.125. The number of carbonyl (C=O) groups excluding carboxylic acids is 2. The molecule has 0 aromatic heterocycles. The Morgan fingerprint density at radius 2 is 1.61 bits per heavy atom. The Hall–Kier alpha value is -3.08. The van der Waals surface area contributed by atoms with Crippen LogP contribution in [0.1, 0.15) is 22.3 Å². The lowest BCUT2D eigenvalue weighted by atomic mass is 9.95. The third-order valence-electron chi connectivity index (χ3n) is 6.58. The normalized spacial score (nSPS) is 22.0. The van der Waals surface area contributed by atoms with Crippen LogP contribution in [0.25, 0.3) is 0 Å². The van der Waals surface area contributed by atoms with Crippen LogP contribution in [0.3, 0.4) is 0 Å². The number of hydrogen-bond donors (Lipinski definition) is 3. The molecule has 1 spiro atoms. The van der Waals surface area contributed by atoms with Crippen molar-refractivity contribution in [3.05, 3.63) is 64.7 Å². The van der Waals surface area contributed by atoms with Crippen LogP contribution in [0.2, 0.25) is 0 Å². The van der Waals surface area contributed by atoms with Gasteiger partial charge in [0.15, 0.2) is 0 Å². The monoisotopic (exact) mass is 439 g/mol. The van der Waals surface area contributed by atoms with Gasteiger partial charge in [0.25, 0.3) is 5.91 Å². The summed E-state index contributed by atoms with van der Waals surface area (Å²) in [6.45, 7) is 0. The van der Waals surface area contributed by atoms with E-state index in [2.05, 4.69) is 28.8 Å². The van der Waals surface area contributed by atoms with Gasteiger partial charge in [0.05, 0.1) is 6.07 Å². The molecule has 0 bridgehead atoms. The second-order valence-corrected chi connectivity index (χ2v) is 8.30. The van der Waals surface area contributed by atoms with Gasteiger partial charge < -0.3 is 16.0 Å². The zero-order chi connectivity index (χ0) is 21.5. The fourth-order valence-corrected chi connectivity index (χ4v) is 4.64. The first kappa shape index (κ1) is 22.6. The highest BCUT2D eigenvalue weighted by Crippen LogP contribution is 2.37. The van der Waals surface area contributed by atoms with Gasteiger partial charge in [-0.25, -0.2) is 4.79 Å². The van der Waals surface area contributed by atoms with Gasteiger partial charge in [0.1, 0.15) is 11.1 Å². The summed E-state index contributed by atoms with van der Waals surface area (Å²) in [5, 5.41) is 14.6. The second-order valence-electron chi connectivity index (χ2n) is 8.30. The van der Waals surface area contributed by atoms with E-state index in [0.717, 1.165) is 24.0 Å². The van der Waals surface area contributed by atoms with E-state index in [9.17, 15) is 9.59 Å². The average Bonchev–Trinajstić information content (AvgIpc) is 3.37. The van der Waals surface area contributed by atoms with Crippen molar-refractivity contribution in [1.29, 1.82) is 5.26 Å². The van der Waals surface area contributed by atoms with Crippen LogP contribution in [0, 0.1) is 11.3 Å². The number of nitrogens with one attached hydrogen (secondary N) is 2. The van der Waals surface area contributed by atoms with Crippen molar-refractivity contribution in [2.45, 2.75) is 36.8 Å². The number of nitrogens with zero attached hydrogens (tertiary/aromatic N) is 2. The summed E-state index contributed by atoms with van der Waals surface area (Å²) in [6.07, 6.45) is 2.77. The van der Waals surface area contributed by atoms with E-state index in [0.29, 0.717) is 18.5 Å². The topological polar surface area (TPSA) is 111 Å². The van der Waals surface area contributed by atoms with E-state index < -0.39 is 5.54 Å². The van der Waals surface area contributed by atoms with E-state index >= 15 is 0 Å². The van der Waals surface area contributed by atoms with Crippen LogP contribution in [0.5, 0.6) is 0 Å². The molecule has 1 saturated heterocycles. The zero-order valence-electron chi connectivity index (χ0n) is 17.6. The lowest BCUT2D eigenvalue weighted by Crippen LogP contribution is -2.48. The Kier molecular flexibility index (Phi) is 5.99. The number of imide groups is 1. The van der Waals surface area contributed by atoms with Gasteiger partial charge in [0, 0.05) is 38.4 Å². The molecule has 8 heteroatoms. The van der Waals surface area contributed by atoms with Crippen LogP contribution in [-0.4, -0.2) is 42.0 Å². The van der Waals surface area contributed by atoms with Crippen molar-refractivity contribution in [1.82, 2.24) is 15.5 Å². The molecule has 1 unspecified atom stereocenters. The largest absolute Gasteiger partial charge is 0.399 e. The maximum atomic E-state index is 12.0. The Labute approximate surface area is 188 Å². The van der Waals surface area contributed by atoms with Gasteiger partial charge in [-0.15, -0.1) is 12.4 Å². The number of nitrogen functional groups attached to an aromatic ring is 1. The molecule has 4 N–H and O–H groups in total. The van der Waals surface area contributed by atoms with E-state index in [1.54, 1.807) is 7.05 Å². The molecule has 1 fully saturated rings. The number of hydrogen-bond acceptors (Lipinski definition) is 5. The van der Waals surface area contributed by atoms with Gasteiger partial charge in [-0.2, -0.15) is 5.26 Å². The van der Waals surface area contributed by atoms with Gasteiger partial charge >= 0.3 is 6.03 Å². The average molecular weight is 440 g/mol. The third-order valence-corrected chi connectivity index (χ3v) is 6.58. The van der Waals surface area contributed by atoms with E-state index in [4.69, 9.17) is 11.0 Å².